The number of sulfonamides is 1. The largest absolute Gasteiger partial charge is 0.381 e. The van der Waals surface area contributed by atoms with Crippen molar-refractivity contribution in [3.63, 3.8) is 0 Å². The normalized spacial score (nSPS) is 12.9. The van der Waals surface area contributed by atoms with E-state index < -0.39 is 10.0 Å². The Labute approximate surface area is 109 Å². The van der Waals surface area contributed by atoms with Crippen molar-refractivity contribution in [1.82, 2.24) is 14.5 Å². The first kappa shape index (κ1) is 15.0. The molecular weight excluding hydrogens is 252 g/mol. The highest BCUT2D eigenvalue weighted by Crippen LogP contribution is 2.21. The molecule has 0 aromatic carbocycles. The minimum absolute atomic E-state index is 0.0404. The summed E-state index contributed by atoms with van der Waals surface area (Å²) in [6, 6.07) is 0. The Kier molecular flexibility index (Phi) is 4.39. The highest BCUT2D eigenvalue weighted by Gasteiger charge is 2.24. The Morgan fingerprint density at radius 2 is 2.06 bits per heavy atom. The number of hydrogen-bond acceptors (Lipinski definition) is 4. The Morgan fingerprint density at radius 1 is 1.44 bits per heavy atom. The molecule has 1 aromatic rings. The van der Waals surface area contributed by atoms with E-state index in [0.717, 1.165) is 6.42 Å². The van der Waals surface area contributed by atoms with E-state index in [9.17, 15) is 8.42 Å². The van der Waals surface area contributed by atoms with Crippen LogP contribution in [0.25, 0.3) is 0 Å². The van der Waals surface area contributed by atoms with Crippen molar-refractivity contribution in [1.29, 1.82) is 0 Å². The molecule has 0 amide bonds. The van der Waals surface area contributed by atoms with Gasteiger partial charge >= 0.3 is 0 Å². The topological polar surface area (TPSA) is 90.0 Å². The third-order valence-electron chi connectivity index (χ3n) is 3.07. The molecule has 0 atom stereocenters. The van der Waals surface area contributed by atoms with Crippen molar-refractivity contribution < 1.29 is 8.42 Å². The van der Waals surface area contributed by atoms with Crippen molar-refractivity contribution in [2.24, 2.45) is 5.41 Å². The van der Waals surface area contributed by atoms with Gasteiger partial charge in [0.25, 0.3) is 0 Å². The average molecular weight is 274 g/mol. The van der Waals surface area contributed by atoms with E-state index >= 15 is 0 Å². The molecule has 0 aliphatic carbocycles. The summed E-state index contributed by atoms with van der Waals surface area (Å²) in [6.07, 6.45) is 2.34. The Morgan fingerprint density at radius 3 is 2.50 bits per heavy atom. The number of nitrogens with zero attached hydrogens (tertiary/aromatic N) is 2. The average Bonchev–Trinajstić information content (AvgIpc) is 2.69. The lowest BCUT2D eigenvalue weighted by Crippen LogP contribution is -2.33. The summed E-state index contributed by atoms with van der Waals surface area (Å²) in [5.41, 5.74) is 5.54. The molecule has 18 heavy (non-hydrogen) atoms. The number of aryl methyl sites for hydroxylation is 1. The maximum Gasteiger partial charge on any atom is 0.245 e. The van der Waals surface area contributed by atoms with Gasteiger partial charge < -0.3 is 5.73 Å². The molecule has 1 aromatic heterocycles. The summed E-state index contributed by atoms with van der Waals surface area (Å²) in [5, 5.41) is 3.94. The smallest absolute Gasteiger partial charge is 0.245 e. The van der Waals surface area contributed by atoms with Crippen molar-refractivity contribution in [3.05, 3.63) is 6.20 Å². The van der Waals surface area contributed by atoms with Crippen LogP contribution in [0, 0.1) is 5.41 Å². The number of aromatic nitrogens is 2. The van der Waals surface area contributed by atoms with Gasteiger partial charge in [-0.15, -0.1) is 0 Å². The van der Waals surface area contributed by atoms with Gasteiger partial charge in [-0.05, 0) is 18.8 Å². The number of nitrogens with two attached hydrogens (primary N) is 1. The number of rotatable bonds is 6. The van der Waals surface area contributed by atoms with Crippen molar-refractivity contribution in [2.75, 3.05) is 12.3 Å². The molecule has 0 saturated heterocycles. The van der Waals surface area contributed by atoms with Crippen LogP contribution >= 0.6 is 0 Å². The van der Waals surface area contributed by atoms with Gasteiger partial charge in [0, 0.05) is 19.3 Å². The number of anilines is 1. The molecule has 7 heteroatoms. The fourth-order valence-corrected chi connectivity index (χ4v) is 2.59. The monoisotopic (exact) mass is 274 g/mol. The quantitative estimate of drug-likeness (QED) is 0.815. The lowest BCUT2D eigenvalue weighted by atomic mass is 9.91. The summed E-state index contributed by atoms with van der Waals surface area (Å²) < 4.78 is 28.3. The van der Waals surface area contributed by atoms with E-state index in [1.165, 1.54) is 10.9 Å². The van der Waals surface area contributed by atoms with E-state index in [2.05, 4.69) is 9.82 Å². The minimum atomic E-state index is -3.58. The fraction of sp³-hybridized carbons (Fsp3) is 0.727. The lowest BCUT2D eigenvalue weighted by molar-refractivity contribution is 0.350. The van der Waals surface area contributed by atoms with E-state index in [4.69, 9.17) is 5.73 Å². The van der Waals surface area contributed by atoms with E-state index in [1.54, 1.807) is 0 Å². The molecule has 0 spiro atoms. The van der Waals surface area contributed by atoms with Crippen LogP contribution in [0.4, 0.5) is 5.82 Å². The van der Waals surface area contributed by atoms with Crippen molar-refractivity contribution >= 4 is 15.8 Å². The summed E-state index contributed by atoms with van der Waals surface area (Å²) in [4.78, 5) is 0.0521. The summed E-state index contributed by atoms with van der Waals surface area (Å²) in [6.45, 7) is 8.87. The molecule has 3 N–H and O–H groups in total. The first-order valence-electron chi connectivity index (χ1n) is 6.04. The van der Waals surface area contributed by atoms with Gasteiger partial charge in [-0.2, -0.15) is 5.10 Å². The van der Waals surface area contributed by atoms with E-state index in [1.807, 2.05) is 27.7 Å². The minimum Gasteiger partial charge on any atom is -0.381 e. The Balaban J connectivity index is 2.90. The molecule has 0 aliphatic rings. The van der Waals surface area contributed by atoms with Gasteiger partial charge in [-0.1, -0.05) is 20.8 Å². The molecule has 1 rings (SSSR count). The molecule has 0 unspecified atom stereocenters. The molecule has 1 heterocycles. The molecule has 6 nitrogen and oxygen atoms in total. The molecule has 0 saturated carbocycles. The Hall–Kier alpha value is -1.08. The van der Waals surface area contributed by atoms with Gasteiger partial charge in [0.05, 0.1) is 0 Å². The maximum atomic E-state index is 12.1. The number of nitrogen functional groups attached to an aromatic ring is 1. The van der Waals surface area contributed by atoms with Gasteiger partial charge in [0.1, 0.15) is 4.90 Å². The lowest BCUT2D eigenvalue weighted by Gasteiger charge is -2.22. The third kappa shape index (κ3) is 3.46. The van der Waals surface area contributed by atoms with Crippen LogP contribution in [0.5, 0.6) is 0 Å². The summed E-state index contributed by atoms with van der Waals surface area (Å²) >= 11 is 0. The van der Waals surface area contributed by atoms with Gasteiger partial charge in [0.15, 0.2) is 5.82 Å². The van der Waals surface area contributed by atoms with Gasteiger partial charge in [-0.25, -0.2) is 13.1 Å². The van der Waals surface area contributed by atoms with E-state index in [-0.39, 0.29) is 16.1 Å². The predicted octanol–water partition coefficient (Wildman–Crippen LogP) is 1.20. The van der Waals surface area contributed by atoms with Gasteiger partial charge in [0.2, 0.25) is 10.0 Å². The highest BCUT2D eigenvalue weighted by molar-refractivity contribution is 7.89. The molecule has 0 aliphatic heterocycles. The van der Waals surface area contributed by atoms with Crippen LogP contribution in [0.1, 0.15) is 34.1 Å². The number of nitrogens with one attached hydrogen (secondary N) is 1. The number of hydrogen-bond donors (Lipinski definition) is 2. The maximum absolute atomic E-state index is 12.1. The van der Waals surface area contributed by atoms with Crippen molar-refractivity contribution in [2.45, 2.75) is 45.6 Å². The summed E-state index contributed by atoms with van der Waals surface area (Å²) in [5.74, 6) is 0.0404. The van der Waals surface area contributed by atoms with Crippen LogP contribution in [0.2, 0.25) is 0 Å². The van der Waals surface area contributed by atoms with Crippen LogP contribution < -0.4 is 10.5 Å². The molecular formula is C11H22N4O2S. The first-order chi connectivity index (χ1) is 8.22. The first-order valence-corrected chi connectivity index (χ1v) is 7.53. The van der Waals surface area contributed by atoms with Gasteiger partial charge in [-0.3, -0.25) is 4.68 Å². The van der Waals surface area contributed by atoms with Crippen LogP contribution in [0.3, 0.4) is 0 Å². The molecule has 0 fully saturated rings. The van der Waals surface area contributed by atoms with Crippen LogP contribution in [-0.4, -0.2) is 24.7 Å². The Bertz CT molecular complexity index is 505. The zero-order chi connectivity index (χ0) is 14.0. The molecule has 0 bridgehead atoms. The summed E-state index contributed by atoms with van der Waals surface area (Å²) in [7, 11) is -3.58. The third-order valence-corrected chi connectivity index (χ3v) is 4.48. The zero-order valence-corrected chi connectivity index (χ0v) is 12.2. The SMILES string of the molecule is CCn1cc(S(=O)(=O)NCC(C)(C)CC)c(N)n1. The zero-order valence-electron chi connectivity index (χ0n) is 11.4. The predicted molar refractivity (Wildman–Crippen MR) is 71.6 cm³/mol. The van der Waals surface area contributed by atoms with Crippen molar-refractivity contribution in [3.8, 4) is 0 Å². The fourth-order valence-electron chi connectivity index (χ4n) is 1.28. The second kappa shape index (κ2) is 5.27. The second-order valence-corrected chi connectivity index (χ2v) is 6.81. The van der Waals surface area contributed by atoms with E-state index in [0.29, 0.717) is 13.1 Å². The molecule has 0 radical (unpaired) electrons. The van der Waals surface area contributed by atoms with Crippen LogP contribution in [0.15, 0.2) is 11.1 Å². The second-order valence-electron chi connectivity index (χ2n) is 5.08. The van der Waals surface area contributed by atoms with Crippen LogP contribution in [-0.2, 0) is 16.6 Å². The standard InChI is InChI=1S/C11H22N4O2S/c1-5-11(3,4)8-13-18(16,17)9-7-15(6-2)14-10(9)12/h7,13H,5-6,8H2,1-4H3,(H2,12,14). The highest BCUT2D eigenvalue weighted by atomic mass is 32.2. The molecule has 104 valence electrons.